The molecule has 2 heterocycles. The Morgan fingerprint density at radius 3 is 2.54 bits per heavy atom. The lowest BCUT2D eigenvalue weighted by molar-refractivity contribution is 0.00583. The maximum atomic E-state index is 12.7. The molecule has 3 nitrogen and oxygen atoms in total. The van der Waals surface area contributed by atoms with Crippen molar-refractivity contribution in [2.75, 3.05) is 11.4 Å². The third kappa shape index (κ3) is 3.37. The van der Waals surface area contributed by atoms with E-state index in [1.54, 1.807) is 16.2 Å². The van der Waals surface area contributed by atoms with Crippen molar-refractivity contribution in [2.24, 2.45) is 0 Å². The first-order valence-electron chi connectivity index (χ1n) is 8.36. The van der Waals surface area contributed by atoms with Crippen LogP contribution in [0.15, 0.2) is 72.1 Å². The molecule has 0 aliphatic carbocycles. The van der Waals surface area contributed by atoms with Gasteiger partial charge in [0.1, 0.15) is 5.60 Å². The average Bonchev–Trinajstić information content (AvgIpc) is 3.17. The van der Waals surface area contributed by atoms with Gasteiger partial charge in [0.15, 0.2) is 0 Å². The summed E-state index contributed by atoms with van der Waals surface area (Å²) in [6, 6.07) is 22.2. The molecule has 1 aliphatic rings. The van der Waals surface area contributed by atoms with Gasteiger partial charge < -0.3 is 4.74 Å². The molecule has 1 fully saturated rings. The summed E-state index contributed by atoms with van der Waals surface area (Å²) in [6.07, 6.45) is 0.465. The van der Waals surface area contributed by atoms with Crippen molar-refractivity contribution in [1.82, 2.24) is 0 Å². The molecule has 3 aromatic rings. The maximum absolute atomic E-state index is 12.7. The van der Waals surface area contributed by atoms with Crippen molar-refractivity contribution < 1.29 is 9.53 Å². The summed E-state index contributed by atoms with van der Waals surface area (Å²) in [6.45, 7) is 2.62. The first-order chi connectivity index (χ1) is 12.2. The van der Waals surface area contributed by atoms with Crippen LogP contribution < -0.4 is 4.90 Å². The third-order valence-corrected chi connectivity index (χ3v) is 5.61. The van der Waals surface area contributed by atoms with Crippen LogP contribution in [-0.4, -0.2) is 12.6 Å². The summed E-state index contributed by atoms with van der Waals surface area (Å²) < 4.78 is 5.85. The Labute approximate surface area is 158 Å². The smallest absolute Gasteiger partial charge is 0.415 e. The zero-order valence-electron chi connectivity index (χ0n) is 14.0. The number of anilines is 1. The van der Waals surface area contributed by atoms with E-state index < -0.39 is 5.60 Å². The van der Waals surface area contributed by atoms with Gasteiger partial charge in [0.2, 0.25) is 0 Å². The largest absolute Gasteiger partial charge is 0.438 e. The molecule has 1 aliphatic heterocycles. The van der Waals surface area contributed by atoms with E-state index in [0.717, 1.165) is 23.2 Å². The predicted molar refractivity (Wildman–Crippen MR) is 109 cm³/mol. The number of amides is 1. The molecule has 0 bridgehead atoms. The van der Waals surface area contributed by atoms with Crippen LogP contribution in [0.2, 0.25) is 0 Å². The fourth-order valence-corrected chi connectivity index (χ4v) is 3.94. The molecular formula is C22H23NO2S. The minimum absolute atomic E-state index is 0. The number of benzene rings is 2. The molecule has 0 radical (unpaired) electrons. The minimum Gasteiger partial charge on any atom is -0.438 e. The summed E-state index contributed by atoms with van der Waals surface area (Å²) in [5.41, 5.74) is 2.47. The van der Waals surface area contributed by atoms with Crippen LogP contribution in [0.25, 0.3) is 10.4 Å². The summed E-state index contributed by atoms with van der Waals surface area (Å²) in [5.74, 6) is 0. The second-order valence-electron chi connectivity index (χ2n) is 6.39. The number of cyclic esters (lactones) is 1. The molecule has 4 rings (SSSR count). The van der Waals surface area contributed by atoms with E-state index in [9.17, 15) is 4.79 Å². The van der Waals surface area contributed by atoms with Gasteiger partial charge in [0.25, 0.3) is 0 Å². The van der Waals surface area contributed by atoms with Crippen LogP contribution in [0.4, 0.5) is 10.5 Å². The lowest BCUT2D eigenvalue weighted by Crippen LogP contribution is -2.46. The van der Waals surface area contributed by atoms with E-state index in [1.807, 2.05) is 55.5 Å². The number of hydrogen-bond donors (Lipinski definition) is 0. The van der Waals surface area contributed by atoms with E-state index >= 15 is 0 Å². The molecule has 4 heteroatoms. The highest BCUT2D eigenvalue weighted by Gasteiger charge is 2.38. The molecule has 1 saturated heterocycles. The van der Waals surface area contributed by atoms with Gasteiger partial charge in [-0.1, -0.05) is 56.0 Å². The Balaban J connectivity index is 0.00000196. The van der Waals surface area contributed by atoms with Crippen molar-refractivity contribution in [3.05, 3.63) is 77.7 Å². The number of carbonyl (C=O) groups excluding carboxylic acids is 1. The first kappa shape index (κ1) is 18.2. The molecule has 1 unspecified atom stereocenters. The molecule has 134 valence electrons. The van der Waals surface area contributed by atoms with Gasteiger partial charge in [0, 0.05) is 23.5 Å². The van der Waals surface area contributed by atoms with Crippen LogP contribution in [0, 0.1) is 0 Å². The number of rotatable bonds is 3. The zero-order valence-corrected chi connectivity index (χ0v) is 14.8. The van der Waals surface area contributed by atoms with Crippen LogP contribution in [0.3, 0.4) is 0 Å². The van der Waals surface area contributed by atoms with Gasteiger partial charge >= 0.3 is 6.09 Å². The number of nitrogens with zero attached hydrogens (tertiary/aromatic N) is 1. The topological polar surface area (TPSA) is 29.5 Å². The van der Waals surface area contributed by atoms with Crippen LogP contribution in [0.5, 0.6) is 0 Å². The lowest BCUT2D eigenvalue weighted by atomic mass is 9.91. The van der Waals surface area contributed by atoms with E-state index in [4.69, 9.17) is 4.74 Å². The lowest BCUT2D eigenvalue weighted by Gasteiger charge is -2.39. The number of ether oxygens (including phenoxy) is 1. The summed E-state index contributed by atoms with van der Waals surface area (Å²) >= 11 is 1.69. The monoisotopic (exact) mass is 365 g/mol. The second-order valence-corrected chi connectivity index (χ2v) is 7.34. The van der Waals surface area contributed by atoms with Gasteiger partial charge in [0.05, 0.1) is 0 Å². The molecule has 0 spiro atoms. The van der Waals surface area contributed by atoms with Crippen molar-refractivity contribution >= 4 is 23.1 Å². The zero-order chi connectivity index (χ0) is 17.3. The molecule has 1 aromatic heterocycles. The predicted octanol–water partition coefficient (Wildman–Crippen LogP) is 6.31. The van der Waals surface area contributed by atoms with Crippen molar-refractivity contribution in [3.8, 4) is 10.4 Å². The first-order valence-corrected chi connectivity index (χ1v) is 9.24. The number of hydrogen-bond acceptors (Lipinski definition) is 3. The molecule has 1 atom stereocenters. The van der Waals surface area contributed by atoms with Crippen LogP contribution in [-0.2, 0) is 10.3 Å². The van der Waals surface area contributed by atoms with Gasteiger partial charge in [-0.2, -0.15) is 0 Å². The highest BCUT2D eigenvalue weighted by atomic mass is 32.1. The highest BCUT2D eigenvalue weighted by Crippen LogP contribution is 2.36. The Morgan fingerprint density at radius 1 is 1.04 bits per heavy atom. The SMILES string of the molecule is C.CC1(c2ccccc2)CCN(c2cccc(-c3cccs3)c2)C(=O)O1. The number of thiophene rings is 1. The Bertz CT molecular complexity index is 876. The van der Waals surface area contributed by atoms with Crippen molar-refractivity contribution in [1.29, 1.82) is 0 Å². The summed E-state index contributed by atoms with van der Waals surface area (Å²) in [5, 5.41) is 2.06. The normalized spacial score (nSPS) is 19.6. The molecule has 26 heavy (non-hydrogen) atoms. The Hall–Kier alpha value is -2.59. The van der Waals surface area contributed by atoms with Gasteiger partial charge in [-0.15, -0.1) is 11.3 Å². The molecule has 1 amide bonds. The van der Waals surface area contributed by atoms with Crippen molar-refractivity contribution in [2.45, 2.75) is 26.4 Å². The fraction of sp³-hybridized carbons (Fsp3) is 0.227. The van der Waals surface area contributed by atoms with Gasteiger partial charge in [-0.3, -0.25) is 4.90 Å². The van der Waals surface area contributed by atoms with Gasteiger partial charge in [-0.05, 0) is 41.6 Å². The quantitative estimate of drug-likeness (QED) is 0.544. The summed E-state index contributed by atoms with van der Waals surface area (Å²) in [4.78, 5) is 15.6. The molecule has 2 aromatic carbocycles. The molecular weight excluding hydrogens is 342 g/mol. The highest BCUT2D eigenvalue weighted by molar-refractivity contribution is 7.13. The maximum Gasteiger partial charge on any atom is 0.415 e. The van der Waals surface area contributed by atoms with E-state index in [0.29, 0.717) is 6.54 Å². The van der Waals surface area contributed by atoms with E-state index in [2.05, 4.69) is 23.6 Å². The average molecular weight is 365 g/mol. The standard InChI is InChI=1S/C21H19NO2S.CH4/c1-21(17-8-3-2-4-9-17)12-13-22(20(23)24-21)18-10-5-7-16(15-18)19-11-6-14-25-19;/h2-11,14-15H,12-13H2,1H3;1H4. The Morgan fingerprint density at radius 2 is 1.85 bits per heavy atom. The van der Waals surface area contributed by atoms with Gasteiger partial charge in [-0.25, -0.2) is 4.79 Å². The van der Waals surface area contributed by atoms with Crippen LogP contribution >= 0.6 is 11.3 Å². The Kier molecular flexibility index (Phi) is 5.14. The third-order valence-electron chi connectivity index (χ3n) is 4.69. The van der Waals surface area contributed by atoms with E-state index in [-0.39, 0.29) is 13.5 Å². The fourth-order valence-electron chi connectivity index (χ4n) is 3.21. The number of carbonyl (C=O) groups is 1. The van der Waals surface area contributed by atoms with E-state index in [1.165, 1.54) is 4.88 Å². The molecule has 0 saturated carbocycles. The van der Waals surface area contributed by atoms with Crippen LogP contribution in [0.1, 0.15) is 26.3 Å². The second kappa shape index (κ2) is 7.34. The minimum atomic E-state index is -0.569. The molecule has 0 N–H and O–H groups in total. The van der Waals surface area contributed by atoms with Crippen molar-refractivity contribution in [3.63, 3.8) is 0 Å². The summed E-state index contributed by atoms with van der Waals surface area (Å²) in [7, 11) is 0.